The number of aliphatic hydroxyl groups excluding tert-OH is 1. The van der Waals surface area contributed by atoms with Gasteiger partial charge in [0.05, 0.1) is 0 Å². The van der Waals surface area contributed by atoms with E-state index in [1.807, 2.05) is 13.8 Å². The fourth-order valence-corrected chi connectivity index (χ4v) is 3.04. The normalized spacial score (nSPS) is 13.8. The van der Waals surface area contributed by atoms with Crippen LogP contribution in [-0.4, -0.2) is 54.6 Å². The van der Waals surface area contributed by atoms with Crippen molar-refractivity contribution in [1.82, 2.24) is 9.03 Å². The van der Waals surface area contributed by atoms with Crippen LogP contribution in [0.3, 0.4) is 0 Å². The van der Waals surface area contributed by atoms with Gasteiger partial charge in [0, 0.05) is 19.7 Å². The van der Waals surface area contributed by atoms with Gasteiger partial charge in [0.1, 0.15) is 6.04 Å². The average Bonchev–Trinajstić information content (AvgIpc) is 2.28. The molecule has 1 unspecified atom stereocenters. The summed E-state index contributed by atoms with van der Waals surface area (Å²) in [5.41, 5.74) is 0. The molecule has 0 aromatic rings. The number of nitrogens with one attached hydrogen (secondary N) is 1. The summed E-state index contributed by atoms with van der Waals surface area (Å²) in [6.07, 6.45) is 1.15. The average molecular weight is 282 g/mol. The zero-order valence-electron chi connectivity index (χ0n) is 10.8. The van der Waals surface area contributed by atoms with Gasteiger partial charge in [-0.3, -0.25) is 4.79 Å². The van der Waals surface area contributed by atoms with Crippen molar-refractivity contribution in [2.24, 2.45) is 0 Å². The van der Waals surface area contributed by atoms with Crippen LogP contribution < -0.4 is 4.72 Å². The Bertz CT molecular complexity index is 338. The number of nitrogens with zero attached hydrogens (tertiary/aromatic N) is 1. The summed E-state index contributed by atoms with van der Waals surface area (Å²) in [4.78, 5) is 10.8. The lowest BCUT2D eigenvalue weighted by molar-refractivity contribution is -0.139. The van der Waals surface area contributed by atoms with Gasteiger partial charge in [-0.05, 0) is 19.3 Å². The Labute approximate surface area is 108 Å². The van der Waals surface area contributed by atoms with E-state index in [-0.39, 0.29) is 13.0 Å². The van der Waals surface area contributed by atoms with Crippen molar-refractivity contribution in [2.75, 3.05) is 19.7 Å². The Morgan fingerprint density at radius 3 is 2.11 bits per heavy atom. The Morgan fingerprint density at radius 2 is 1.78 bits per heavy atom. The van der Waals surface area contributed by atoms with E-state index >= 15 is 0 Å². The highest BCUT2D eigenvalue weighted by Crippen LogP contribution is 2.04. The number of carboxylic acids is 1. The molecule has 0 amide bonds. The summed E-state index contributed by atoms with van der Waals surface area (Å²) in [5, 5.41) is 17.6. The molecule has 0 radical (unpaired) electrons. The zero-order valence-corrected chi connectivity index (χ0v) is 11.6. The maximum absolute atomic E-state index is 12.0. The predicted molar refractivity (Wildman–Crippen MR) is 67.3 cm³/mol. The molecule has 0 aromatic carbocycles. The molecular formula is C10H22N2O5S. The van der Waals surface area contributed by atoms with Crippen LogP contribution in [0, 0.1) is 0 Å². The molecule has 8 heteroatoms. The molecule has 0 saturated carbocycles. The third kappa shape index (κ3) is 5.76. The van der Waals surface area contributed by atoms with Crippen molar-refractivity contribution in [2.45, 2.75) is 39.2 Å². The van der Waals surface area contributed by atoms with Crippen molar-refractivity contribution in [3.8, 4) is 0 Å². The number of aliphatic hydroxyl groups is 1. The third-order valence-electron chi connectivity index (χ3n) is 2.29. The zero-order chi connectivity index (χ0) is 14.2. The van der Waals surface area contributed by atoms with Crippen LogP contribution in [0.5, 0.6) is 0 Å². The van der Waals surface area contributed by atoms with Crippen molar-refractivity contribution in [3.05, 3.63) is 0 Å². The van der Waals surface area contributed by atoms with Crippen LogP contribution >= 0.6 is 0 Å². The smallest absolute Gasteiger partial charge is 0.321 e. The van der Waals surface area contributed by atoms with Crippen LogP contribution in [0.2, 0.25) is 0 Å². The fourth-order valence-electron chi connectivity index (χ4n) is 1.47. The molecule has 0 aliphatic carbocycles. The number of hydrogen-bond donors (Lipinski definition) is 3. The first kappa shape index (κ1) is 17.3. The van der Waals surface area contributed by atoms with Crippen molar-refractivity contribution >= 4 is 16.2 Å². The summed E-state index contributed by atoms with van der Waals surface area (Å²) in [6.45, 7) is 3.99. The van der Waals surface area contributed by atoms with Crippen LogP contribution in [0.25, 0.3) is 0 Å². The lowest BCUT2D eigenvalue weighted by atomic mass is 10.2. The first-order chi connectivity index (χ1) is 8.38. The minimum atomic E-state index is -3.82. The molecule has 0 heterocycles. The minimum absolute atomic E-state index is 0.152. The first-order valence-electron chi connectivity index (χ1n) is 6.00. The van der Waals surface area contributed by atoms with E-state index in [0.29, 0.717) is 25.9 Å². The summed E-state index contributed by atoms with van der Waals surface area (Å²) in [7, 11) is -3.82. The second-order valence-corrected chi connectivity index (χ2v) is 5.63. The van der Waals surface area contributed by atoms with Gasteiger partial charge in [0.15, 0.2) is 0 Å². The lowest BCUT2D eigenvalue weighted by Gasteiger charge is -2.23. The Morgan fingerprint density at radius 1 is 1.28 bits per heavy atom. The quantitative estimate of drug-likeness (QED) is 0.513. The Hall–Kier alpha value is -0.700. The van der Waals surface area contributed by atoms with Crippen molar-refractivity contribution < 1.29 is 23.4 Å². The molecule has 18 heavy (non-hydrogen) atoms. The second kappa shape index (κ2) is 8.41. The molecule has 108 valence electrons. The van der Waals surface area contributed by atoms with Crippen LogP contribution in [-0.2, 0) is 15.0 Å². The molecule has 3 N–H and O–H groups in total. The maximum atomic E-state index is 12.0. The summed E-state index contributed by atoms with van der Waals surface area (Å²) >= 11 is 0. The van der Waals surface area contributed by atoms with Crippen LogP contribution in [0.4, 0.5) is 0 Å². The SMILES string of the molecule is CCCN(CCC)S(=O)(=O)NC(CCO)C(=O)O. The van der Waals surface area contributed by atoms with E-state index in [9.17, 15) is 13.2 Å². The van der Waals surface area contributed by atoms with Gasteiger partial charge in [0.25, 0.3) is 10.2 Å². The lowest BCUT2D eigenvalue weighted by Crippen LogP contribution is -2.49. The topological polar surface area (TPSA) is 107 Å². The third-order valence-corrected chi connectivity index (χ3v) is 3.92. The molecule has 0 saturated heterocycles. The molecule has 7 nitrogen and oxygen atoms in total. The monoisotopic (exact) mass is 282 g/mol. The van der Waals surface area contributed by atoms with Gasteiger partial charge in [0.2, 0.25) is 0 Å². The molecular weight excluding hydrogens is 260 g/mol. The van der Waals surface area contributed by atoms with E-state index in [1.165, 1.54) is 4.31 Å². The fraction of sp³-hybridized carbons (Fsp3) is 0.900. The van der Waals surface area contributed by atoms with Gasteiger partial charge in [-0.2, -0.15) is 17.4 Å². The molecule has 0 aliphatic heterocycles. The molecule has 0 aromatic heterocycles. The van der Waals surface area contributed by atoms with E-state index in [0.717, 1.165) is 0 Å². The molecule has 0 bridgehead atoms. The molecule has 0 rings (SSSR count). The highest BCUT2D eigenvalue weighted by Gasteiger charge is 2.27. The number of carbonyl (C=O) groups is 1. The second-order valence-electron chi connectivity index (χ2n) is 3.93. The summed E-state index contributed by atoms with van der Waals surface area (Å²) < 4.78 is 27.3. The van der Waals surface area contributed by atoms with Gasteiger partial charge in [-0.25, -0.2) is 0 Å². The largest absolute Gasteiger partial charge is 0.480 e. The van der Waals surface area contributed by atoms with E-state index in [1.54, 1.807) is 0 Å². The summed E-state index contributed by atoms with van der Waals surface area (Å²) in [5.74, 6) is -1.29. The van der Waals surface area contributed by atoms with E-state index in [4.69, 9.17) is 10.2 Å². The highest BCUT2D eigenvalue weighted by atomic mass is 32.2. The molecule has 0 spiro atoms. The first-order valence-corrected chi connectivity index (χ1v) is 7.44. The van der Waals surface area contributed by atoms with Gasteiger partial charge in [-0.15, -0.1) is 0 Å². The number of hydrogen-bond acceptors (Lipinski definition) is 4. The maximum Gasteiger partial charge on any atom is 0.321 e. The Balaban J connectivity index is 4.81. The number of rotatable bonds is 10. The number of aliphatic carboxylic acids is 1. The molecule has 0 fully saturated rings. The van der Waals surface area contributed by atoms with Crippen LogP contribution in [0.15, 0.2) is 0 Å². The minimum Gasteiger partial charge on any atom is -0.480 e. The van der Waals surface area contributed by atoms with Gasteiger partial charge >= 0.3 is 5.97 Å². The van der Waals surface area contributed by atoms with E-state index < -0.39 is 22.2 Å². The Kier molecular flexibility index (Phi) is 8.08. The predicted octanol–water partition coefficient (Wildman–Crippen LogP) is -0.222. The van der Waals surface area contributed by atoms with Gasteiger partial charge < -0.3 is 10.2 Å². The summed E-state index contributed by atoms with van der Waals surface area (Å²) in [6, 6.07) is -1.30. The van der Waals surface area contributed by atoms with Crippen LogP contribution in [0.1, 0.15) is 33.1 Å². The molecule has 0 aliphatic rings. The standard InChI is InChI=1S/C10H22N2O5S/c1-3-6-12(7-4-2)18(16,17)11-9(5-8-13)10(14)15/h9,11,13H,3-8H2,1-2H3,(H,14,15). The van der Waals surface area contributed by atoms with E-state index in [2.05, 4.69) is 4.72 Å². The van der Waals surface area contributed by atoms with Crippen molar-refractivity contribution in [3.63, 3.8) is 0 Å². The van der Waals surface area contributed by atoms with Crippen molar-refractivity contribution in [1.29, 1.82) is 0 Å². The highest BCUT2D eigenvalue weighted by molar-refractivity contribution is 7.87. The number of carboxylic acid groups (broad SMARTS) is 1. The molecule has 1 atom stereocenters. The van der Waals surface area contributed by atoms with Gasteiger partial charge in [-0.1, -0.05) is 13.8 Å².